The van der Waals surface area contributed by atoms with Crippen LogP contribution in [0.4, 0.5) is 4.39 Å². The number of halogens is 1. The lowest BCUT2D eigenvalue weighted by atomic mass is 9.88. The van der Waals surface area contributed by atoms with Gasteiger partial charge >= 0.3 is 0 Å². The number of aryl methyl sites for hydroxylation is 1. The summed E-state index contributed by atoms with van der Waals surface area (Å²) < 4.78 is 12.9. The first-order valence-electron chi connectivity index (χ1n) is 4.17. The van der Waals surface area contributed by atoms with E-state index in [1.165, 1.54) is 0 Å². The molecule has 2 heteroatoms. The first-order chi connectivity index (χ1) is 5.79. The molecule has 0 saturated heterocycles. The third kappa shape index (κ3) is 1.12. The molecule has 1 aliphatic rings. The Hall–Kier alpha value is -0.890. The molecule has 1 aliphatic carbocycles. The fourth-order valence-corrected chi connectivity index (χ4v) is 1.68. The van der Waals surface area contributed by atoms with Gasteiger partial charge in [-0.2, -0.15) is 0 Å². The molecule has 0 aliphatic heterocycles. The van der Waals surface area contributed by atoms with Crippen LogP contribution in [0.5, 0.6) is 0 Å². The van der Waals surface area contributed by atoms with Crippen LogP contribution in [-0.2, 0) is 11.5 Å². The van der Waals surface area contributed by atoms with Gasteiger partial charge < -0.3 is 0 Å². The maximum Gasteiger partial charge on any atom is 0.149 e. The highest BCUT2D eigenvalue weighted by Crippen LogP contribution is 2.31. The second-order valence-corrected chi connectivity index (χ2v) is 3.17. The third-order valence-electron chi connectivity index (χ3n) is 2.38. The van der Waals surface area contributed by atoms with E-state index in [-0.39, 0.29) is 0 Å². The molecule has 1 aromatic rings. The minimum Gasteiger partial charge on any atom is -0.244 e. The average Bonchev–Trinajstić information content (AvgIpc) is 2.12. The molecule has 2 rings (SSSR count). The molecule has 0 amide bonds. The summed E-state index contributed by atoms with van der Waals surface area (Å²) in [5, 5.41) is 11.3. The van der Waals surface area contributed by atoms with Crippen molar-refractivity contribution in [3.8, 4) is 0 Å². The van der Waals surface area contributed by atoms with E-state index in [2.05, 4.69) is 0 Å². The largest absolute Gasteiger partial charge is 0.244 e. The first-order valence-corrected chi connectivity index (χ1v) is 4.17. The molecule has 0 spiro atoms. The molecule has 0 heterocycles. The molecule has 2 atom stereocenters. The number of fused-ring (bicyclic) bond motifs is 1. The van der Waals surface area contributed by atoms with Crippen molar-refractivity contribution in [2.45, 2.75) is 25.1 Å². The van der Waals surface area contributed by atoms with Gasteiger partial charge in [0.1, 0.15) is 12.3 Å². The van der Waals surface area contributed by atoms with Crippen LogP contribution in [0.2, 0.25) is 0 Å². The lowest BCUT2D eigenvalue weighted by molar-refractivity contribution is 0.00586. The van der Waals surface area contributed by atoms with Crippen LogP contribution in [0.3, 0.4) is 0 Å². The van der Waals surface area contributed by atoms with E-state index in [0.717, 1.165) is 5.56 Å². The van der Waals surface area contributed by atoms with Gasteiger partial charge in [0.2, 0.25) is 0 Å². The third-order valence-corrected chi connectivity index (χ3v) is 2.38. The van der Waals surface area contributed by atoms with Gasteiger partial charge in [-0.25, -0.2) is 9.50 Å². The molecule has 0 aromatic heterocycles. The fraction of sp³-hybridized carbons (Fsp3) is 0.400. The van der Waals surface area contributed by atoms with E-state index in [1.807, 2.05) is 12.1 Å². The SMILES string of the molecule is [O]C1c2ccccc2CCC1F. The molecule has 0 fully saturated rings. The van der Waals surface area contributed by atoms with E-state index >= 15 is 0 Å². The Kier molecular flexibility index (Phi) is 1.85. The maximum atomic E-state index is 12.9. The quantitative estimate of drug-likeness (QED) is 0.562. The first kappa shape index (κ1) is 7.74. The Morgan fingerprint density at radius 3 is 2.92 bits per heavy atom. The highest BCUT2D eigenvalue weighted by molar-refractivity contribution is 5.31. The van der Waals surface area contributed by atoms with Crippen molar-refractivity contribution in [3.05, 3.63) is 35.4 Å². The van der Waals surface area contributed by atoms with Gasteiger partial charge in [-0.3, -0.25) is 0 Å². The predicted molar refractivity (Wildman–Crippen MR) is 43.1 cm³/mol. The van der Waals surface area contributed by atoms with Gasteiger partial charge in [0, 0.05) is 0 Å². The molecule has 0 bridgehead atoms. The van der Waals surface area contributed by atoms with Crippen molar-refractivity contribution in [1.82, 2.24) is 0 Å². The smallest absolute Gasteiger partial charge is 0.149 e. The Morgan fingerprint density at radius 2 is 2.08 bits per heavy atom. The van der Waals surface area contributed by atoms with Crippen molar-refractivity contribution in [2.24, 2.45) is 0 Å². The standard InChI is InChI=1S/C10H10FO/c11-9-6-5-7-3-1-2-4-8(7)10(9)12/h1-4,9-10H,5-6H2. The predicted octanol–water partition coefficient (Wildman–Crippen LogP) is 2.44. The zero-order valence-electron chi connectivity index (χ0n) is 6.66. The Morgan fingerprint density at radius 1 is 1.33 bits per heavy atom. The summed E-state index contributed by atoms with van der Waals surface area (Å²) in [6, 6.07) is 7.33. The molecule has 1 radical (unpaired) electrons. The fourth-order valence-electron chi connectivity index (χ4n) is 1.68. The minimum absolute atomic E-state index is 0.380. The number of hydrogen-bond acceptors (Lipinski definition) is 0. The van der Waals surface area contributed by atoms with E-state index in [4.69, 9.17) is 0 Å². The van der Waals surface area contributed by atoms with E-state index < -0.39 is 12.3 Å². The van der Waals surface area contributed by atoms with Crippen molar-refractivity contribution in [1.29, 1.82) is 0 Å². The topological polar surface area (TPSA) is 19.9 Å². The molecule has 1 aromatic carbocycles. The summed E-state index contributed by atoms with van der Waals surface area (Å²) in [6.45, 7) is 0. The second kappa shape index (κ2) is 2.87. The molecule has 0 saturated carbocycles. The molecular formula is C10H10FO. The van der Waals surface area contributed by atoms with Crippen molar-refractivity contribution in [2.75, 3.05) is 0 Å². The van der Waals surface area contributed by atoms with Crippen LogP contribution < -0.4 is 0 Å². The van der Waals surface area contributed by atoms with Crippen molar-refractivity contribution < 1.29 is 9.50 Å². The van der Waals surface area contributed by atoms with Gasteiger partial charge in [-0.1, -0.05) is 24.3 Å². The van der Waals surface area contributed by atoms with E-state index in [1.54, 1.807) is 12.1 Å². The van der Waals surface area contributed by atoms with Gasteiger partial charge in [0.05, 0.1) is 0 Å². The number of alkyl halides is 1. The van der Waals surface area contributed by atoms with Crippen LogP contribution >= 0.6 is 0 Å². The zero-order valence-corrected chi connectivity index (χ0v) is 6.66. The summed E-state index contributed by atoms with van der Waals surface area (Å²) in [7, 11) is 0. The van der Waals surface area contributed by atoms with Crippen LogP contribution in [0.1, 0.15) is 23.7 Å². The van der Waals surface area contributed by atoms with Gasteiger partial charge in [-0.15, -0.1) is 0 Å². The summed E-state index contributed by atoms with van der Waals surface area (Å²) in [5.41, 5.74) is 1.67. The summed E-state index contributed by atoms with van der Waals surface area (Å²) in [6.07, 6.45) is -1.27. The van der Waals surface area contributed by atoms with Gasteiger partial charge in [0.15, 0.2) is 0 Å². The second-order valence-electron chi connectivity index (χ2n) is 3.17. The normalized spacial score (nSPS) is 28.2. The number of rotatable bonds is 0. The average molecular weight is 165 g/mol. The molecule has 63 valence electrons. The lowest BCUT2D eigenvalue weighted by Crippen LogP contribution is -2.20. The lowest BCUT2D eigenvalue weighted by Gasteiger charge is -2.22. The highest BCUT2D eigenvalue weighted by Gasteiger charge is 2.28. The van der Waals surface area contributed by atoms with Gasteiger partial charge in [0.25, 0.3) is 0 Å². The summed E-state index contributed by atoms with van der Waals surface area (Å²) in [5.74, 6) is 0. The Labute approximate surface area is 70.8 Å². The summed E-state index contributed by atoms with van der Waals surface area (Å²) >= 11 is 0. The highest BCUT2D eigenvalue weighted by atomic mass is 19.1. The molecule has 2 unspecified atom stereocenters. The maximum absolute atomic E-state index is 12.9. The van der Waals surface area contributed by atoms with Crippen LogP contribution in [0.25, 0.3) is 0 Å². The van der Waals surface area contributed by atoms with E-state index in [0.29, 0.717) is 18.4 Å². The molecule has 0 N–H and O–H groups in total. The van der Waals surface area contributed by atoms with Crippen molar-refractivity contribution in [3.63, 3.8) is 0 Å². The van der Waals surface area contributed by atoms with Crippen molar-refractivity contribution >= 4 is 0 Å². The molecule has 1 nitrogen and oxygen atoms in total. The number of hydrogen-bond donors (Lipinski definition) is 0. The summed E-state index contributed by atoms with van der Waals surface area (Å²) in [4.78, 5) is 0. The minimum atomic E-state index is -1.19. The van der Waals surface area contributed by atoms with Gasteiger partial charge in [-0.05, 0) is 24.0 Å². The van der Waals surface area contributed by atoms with Crippen LogP contribution in [-0.4, -0.2) is 6.17 Å². The monoisotopic (exact) mass is 165 g/mol. The van der Waals surface area contributed by atoms with Crippen LogP contribution in [0, 0.1) is 0 Å². The molecule has 12 heavy (non-hydrogen) atoms. The zero-order chi connectivity index (χ0) is 8.55. The Balaban J connectivity index is 2.42. The number of benzene rings is 1. The van der Waals surface area contributed by atoms with Crippen LogP contribution in [0.15, 0.2) is 24.3 Å². The van der Waals surface area contributed by atoms with E-state index in [9.17, 15) is 9.50 Å². The Bertz CT molecular complexity index is 285. The molecular weight excluding hydrogens is 155 g/mol.